The van der Waals surface area contributed by atoms with Crippen LogP contribution in [-0.4, -0.2) is 19.1 Å². The summed E-state index contributed by atoms with van der Waals surface area (Å²) in [7, 11) is 0. The Kier molecular flexibility index (Phi) is 4.98. The van der Waals surface area contributed by atoms with Crippen LogP contribution >= 0.6 is 11.6 Å². The van der Waals surface area contributed by atoms with Crippen molar-refractivity contribution in [3.8, 4) is 0 Å². The molecule has 1 atom stereocenters. The van der Waals surface area contributed by atoms with Crippen LogP contribution in [0.2, 0.25) is 5.02 Å². The Morgan fingerprint density at radius 3 is 2.75 bits per heavy atom. The first-order valence-electron chi connectivity index (χ1n) is 7.67. The zero-order valence-corrected chi connectivity index (χ0v) is 13.7. The zero-order valence-electron chi connectivity index (χ0n) is 13.0. The molecule has 0 bridgehead atoms. The van der Waals surface area contributed by atoms with Gasteiger partial charge in [0.15, 0.2) is 0 Å². The number of para-hydroxylation sites is 1. The monoisotopic (exact) mass is 294 g/mol. The standard InChI is InChI=1S/C17H27ClN2/c1-13(19)12-14-6-4-7-15(18)16(14)20-10-5-8-17(2,3)9-11-20/h4,6-7,13H,5,8-12,19H2,1-3H3. The molecule has 1 fully saturated rings. The van der Waals surface area contributed by atoms with Crippen LogP contribution in [0.1, 0.15) is 45.6 Å². The fourth-order valence-corrected chi connectivity index (χ4v) is 3.39. The highest BCUT2D eigenvalue weighted by atomic mass is 35.5. The molecular weight excluding hydrogens is 268 g/mol. The number of anilines is 1. The van der Waals surface area contributed by atoms with Crippen molar-refractivity contribution in [1.82, 2.24) is 0 Å². The van der Waals surface area contributed by atoms with Crippen LogP contribution in [0.4, 0.5) is 5.69 Å². The lowest BCUT2D eigenvalue weighted by Crippen LogP contribution is -2.28. The van der Waals surface area contributed by atoms with Crippen LogP contribution in [0.5, 0.6) is 0 Å². The molecule has 0 aromatic heterocycles. The van der Waals surface area contributed by atoms with Crippen molar-refractivity contribution in [2.45, 2.75) is 52.5 Å². The Balaban J connectivity index is 2.27. The van der Waals surface area contributed by atoms with E-state index in [1.807, 2.05) is 12.1 Å². The van der Waals surface area contributed by atoms with E-state index in [9.17, 15) is 0 Å². The van der Waals surface area contributed by atoms with E-state index in [1.54, 1.807) is 0 Å². The summed E-state index contributed by atoms with van der Waals surface area (Å²) < 4.78 is 0. The lowest BCUT2D eigenvalue weighted by Gasteiger charge is -2.28. The third-order valence-electron chi connectivity index (χ3n) is 4.27. The summed E-state index contributed by atoms with van der Waals surface area (Å²) in [5.41, 5.74) is 8.92. The molecule has 0 saturated carbocycles. The summed E-state index contributed by atoms with van der Waals surface area (Å²) in [6.45, 7) is 8.97. The second-order valence-corrected chi connectivity index (χ2v) is 7.34. The first-order chi connectivity index (χ1) is 9.39. The normalized spacial score (nSPS) is 20.6. The molecule has 1 aromatic carbocycles. The molecule has 2 N–H and O–H groups in total. The third-order valence-corrected chi connectivity index (χ3v) is 4.57. The predicted molar refractivity (Wildman–Crippen MR) is 88.7 cm³/mol. The molecule has 1 aliphatic rings. The van der Waals surface area contributed by atoms with Crippen molar-refractivity contribution in [2.24, 2.45) is 11.1 Å². The van der Waals surface area contributed by atoms with Gasteiger partial charge in [0.25, 0.3) is 0 Å². The number of nitrogens with two attached hydrogens (primary N) is 1. The second kappa shape index (κ2) is 6.36. The molecule has 0 radical (unpaired) electrons. The summed E-state index contributed by atoms with van der Waals surface area (Å²) in [6.07, 6.45) is 4.62. The Hall–Kier alpha value is -0.730. The maximum absolute atomic E-state index is 6.49. The fourth-order valence-electron chi connectivity index (χ4n) is 3.07. The quantitative estimate of drug-likeness (QED) is 0.903. The van der Waals surface area contributed by atoms with Crippen LogP contribution in [0.15, 0.2) is 18.2 Å². The fraction of sp³-hybridized carbons (Fsp3) is 0.647. The minimum Gasteiger partial charge on any atom is -0.370 e. The molecule has 20 heavy (non-hydrogen) atoms. The van der Waals surface area contributed by atoms with Crippen LogP contribution in [-0.2, 0) is 6.42 Å². The van der Waals surface area contributed by atoms with Gasteiger partial charge in [-0.05, 0) is 49.7 Å². The van der Waals surface area contributed by atoms with E-state index in [1.165, 1.54) is 30.5 Å². The van der Waals surface area contributed by atoms with Gasteiger partial charge in [-0.3, -0.25) is 0 Å². The van der Waals surface area contributed by atoms with E-state index in [2.05, 4.69) is 31.7 Å². The molecule has 1 saturated heterocycles. The summed E-state index contributed by atoms with van der Waals surface area (Å²) in [5.74, 6) is 0. The number of hydrogen-bond acceptors (Lipinski definition) is 2. The Bertz CT molecular complexity index is 454. The van der Waals surface area contributed by atoms with Gasteiger partial charge in [0.2, 0.25) is 0 Å². The molecule has 1 aliphatic heterocycles. The first-order valence-corrected chi connectivity index (χ1v) is 8.05. The Morgan fingerprint density at radius 1 is 1.30 bits per heavy atom. The predicted octanol–water partition coefficient (Wildman–Crippen LogP) is 4.25. The van der Waals surface area contributed by atoms with Gasteiger partial charge in [-0.1, -0.05) is 37.6 Å². The van der Waals surface area contributed by atoms with Crippen LogP contribution < -0.4 is 10.6 Å². The molecule has 112 valence electrons. The lowest BCUT2D eigenvalue weighted by molar-refractivity contribution is 0.325. The van der Waals surface area contributed by atoms with Crippen molar-refractivity contribution in [3.05, 3.63) is 28.8 Å². The summed E-state index contributed by atoms with van der Waals surface area (Å²) in [4.78, 5) is 2.47. The van der Waals surface area contributed by atoms with Gasteiger partial charge >= 0.3 is 0 Å². The van der Waals surface area contributed by atoms with Gasteiger partial charge in [0, 0.05) is 19.1 Å². The molecule has 0 spiro atoms. The lowest BCUT2D eigenvalue weighted by atomic mass is 9.85. The topological polar surface area (TPSA) is 29.3 Å². The van der Waals surface area contributed by atoms with E-state index in [0.717, 1.165) is 24.5 Å². The molecule has 0 amide bonds. The number of rotatable bonds is 3. The molecular formula is C17H27ClN2. The Labute approximate surface area is 128 Å². The van der Waals surface area contributed by atoms with Crippen molar-refractivity contribution in [2.75, 3.05) is 18.0 Å². The summed E-state index contributed by atoms with van der Waals surface area (Å²) in [5, 5.41) is 0.864. The van der Waals surface area contributed by atoms with Crippen molar-refractivity contribution >= 4 is 17.3 Å². The minimum atomic E-state index is 0.163. The highest BCUT2D eigenvalue weighted by Gasteiger charge is 2.25. The highest BCUT2D eigenvalue weighted by molar-refractivity contribution is 6.33. The van der Waals surface area contributed by atoms with E-state index < -0.39 is 0 Å². The Morgan fingerprint density at radius 2 is 2.05 bits per heavy atom. The maximum Gasteiger partial charge on any atom is 0.0642 e. The number of benzene rings is 1. The molecule has 2 rings (SSSR count). The van der Waals surface area contributed by atoms with Crippen molar-refractivity contribution in [1.29, 1.82) is 0 Å². The molecule has 2 nitrogen and oxygen atoms in total. The number of hydrogen-bond donors (Lipinski definition) is 1. The largest absolute Gasteiger partial charge is 0.370 e. The third kappa shape index (κ3) is 3.89. The van der Waals surface area contributed by atoms with Gasteiger partial charge in [-0.25, -0.2) is 0 Å². The summed E-state index contributed by atoms with van der Waals surface area (Å²) >= 11 is 6.49. The zero-order chi connectivity index (χ0) is 14.8. The molecule has 1 heterocycles. The average Bonchev–Trinajstić information content (AvgIpc) is 2.50. The minimum absolute atomic E-state index is 0.163. The molecule has 1 aromatic rings. The number of halogens is 1. The first kappa shape index (κ1) is 15.7. The van der Waals surface area contributed by atoms with Gasteiger partial charge in [-0.15, -0.1) is 0 Å². The average molecular weight is 295 g/mol. The van der Waals surface area contributed by atoms with E-state index in [-0.39, 0.29) is 6.04 Å². The van der Waals surface area contributed by atoms with Crippen LogP contribution in [0.25, 0.3) is 0 Å². The van der Waals surface area contributed by atoms with Crippen molar-refractivity contribution in [3.63, 3.8) is 0 Å². The molecule has 3 heteroatoms. The summed E-state index contributed by atoms with van der Waals surface area (Å²) in [6, 6.07) is 6.36. The maximum atomic E-state index is 6.49. The molecule has 0 aliphatic carbocycles. The van der Waals surface area contributed by atoms with Crippen molar-refractivity contribution < 1.29 is 0 Å². The number of nitrogens with zero attached hydrogens (tertiary/aromatic N) is 1. The van der Waals surface area contributed by atoms with Gasteiger partial charge in [0.1, 0.15) is 0 Å². The highest BCUT2D eigenvalue weighted by Crippen LogP contribution is 2.36. The second-order valence-electron chi connectivity index (χ2n) is 6.93. The van der Waals surface area contributed by atoms with Gasteiger partial charge < -0.3 is 10.6 Å². The molecule has 1 unspecified atom stereocenters. The smallest absolute Gasteiger partial charge is 0.0642 e. The van der Waals surface area contributed by atoms with E-state index >= 15 is 0 Å². The van der Waals surface area contributed by atoms with Crippen LogP contribution in [0, 0.1) is 5.41 Å². The van der Waals surface area contributed by atoms with E-state index in [4.69, 9.17) is 17.3 Å². The SMILES string of the molecule is CC(N)Cc1cccc(Cl)c1N1CCCC(C)(C)CC1. The van der Waals surface area contributed by atoms with Crippen LogP contribution in [0.3, 0.4) is 0 Å². The van der Waals surface area contributed by atoms with E-state index in [0.29, 0.717) is 5.41 Å². The van der Waals surface area contributed by atoms with Gasteiger partial charge in [-0.2, -0.15) is 0 Å². The van der Waals surface area contributed by atoms with Gasteiger partial charge in [0.05, 0.1) is 10.7 Å².